The molecule has 1 unspecified atom stereocenters. The highest BCUT2D eigenvalue weighted by atomic mass is 16.5. The molecule has 0 aromatic rings. The number of piperidine rings is 1. The summed E-state index contributed by atoms with van der Waals surface area (Å²) in [6, 6.07) is 0. The van der Waals surface area contributed by atoms with E-state index in [1.54, 1.807) is 7.11 Å². The van der Waals surface area contributed by atoms with Crippen molar-refractivity contribution in [1.82, 2.24) is 10.6 Å². The number of hydrogen-bond acceptors (Lipinski definition) is 3. The Bertz CT molecular complexity index is 278. The predicted molar refractivity (Wildman–Crippen MR) is 71.3 cm³/mol. The molecule has 0 spiro atoms. The third-order valence-corrected chi connectivity index (χ3v) is 4.47. The molecule has 1 amide bonds. The molecule has 104 valence electrons. The maximum absolute atomic E-state index is 12.4. The molecule has 4 heteroatoms. The number of amides is 1. The van der Waals surface area contributed by atoms with Crippen LogP contribution in [-0.4, -0.2) is 39.3 Å². The molecule has 1 heterocycles. The molecule has 0 bridgehead atoms. The van der Waals surface area contributed by atoms with Crippen molar-refractivity contribution in [3.8, 4) is 0 Å². The molecule has 2 rings (SSSR count). The van der Waals surface area contributed by atoms with Crippen molar-refractivity contribution in [2.24, 2.45) is 17.3 Å². The second kappa shape index (κ2) is 6.02. The third-order valence-electron chi connectivity index (χ3n) is 4.47. The van der Waals surface area contributed by atoms with Crippen molar-refractivity contribution in [2.45, 2.75) is 32.6 Å². The van der Waals surface area contributed by atoms with Gasteiger partial charge in [-0.3, -0.25) is 4.79 Å². The van der Waals surface area contributed by atoms with Gasteiger partial charge in [0.1, 0.15) is 0 Å². The summed E-state index contributed by atoms with van der Waals surface area (Å²) in [4.78, 5) is 12.4. The average Bonchev–Trinajstić information content (AvgIpc) is 3.21. The summed E-state index contributed by atoms with van der Waals surface area (Å²) in [6.45, 7) is 5.42. The lowest BCUT2D eigenvalue weighted by atomic mass is 9.78. The lowest BCUT2D eigenvalue weighted by molar-refractivity contribution is -0.136. The summed E-state index contributed by atoms with van der Waals surface area (Å²) in [5.74, 6) is 1.66. The maximum Gasteiger partial charge on any atom is 0.228 e. The largest absolute Gasteiger partial charge is 0.384 e. The SMILES string of the molecule is COCC1(C(=O)NCC(C)C2CC2)CCNCC1. The zero-order chi connectivity index (χ0) is 13.0. The summed E-state index contributed by atoms with van der Waals surface area (Å²) < 4.78 is 5.28. The van der Waals surface area contributed by atoms with Gasteiger partial charge in [0.15, 0.2) is 0 Å². The number of ether oxygens (including phenoxy) is 1. The molecule has 18 heavy (non-hydrogen) atoms. The van der Waals surface area contributed by atoms with Crippen LogP contribution in [0.5, 0.6) is 0 Å². The predicted octanol–water partition coefficient (Wildman–Crippen LogP) is 1.16. The smallest absolute Gasteiger partial charge is 0.228 e. The summed E-state index contributed by atoms with van der Waals surface area (Å²) in [5.41, 5.74) is -0.302. The zero-order valence-corrected chi connectivity index (χ0v) is 11.6. The lowest BCUT2D eigenvalue weighted by Gasteiger charge is -2.35. The molecule has 1 saturated carbocycles. The standard InChI is InChI=1S/C14H26N2O2/c1-11(12-3-4-12)9-16-13(17)14(10-18-2)5-7-15-8-6-14/h11-12,15H,3-10H2,1-2H3,(H,16,17). The highest BCUT2D eigenvalue weighted by Gasteiger charge is 2.40. The molecule has 0 aromatic heterocycles. The summed E-state index contributed by atoms with van der Waals surface area (Å²) in [6.07, 6.45) is 4.43. The third kappa shape index (κ3) is 3.23. The quantitative estimate of drug-likeness (QED) is 0.748. The normalized spacial score (nSPS) is 24.6. The number of methoxy groups -OCH3 is 1. The van der Waals surface area contributed by atoms with Gasteiger partial charge in [-0.15, -0.1) is 0 Å². The average molecular weight is 254 g/mol. The second-order valence-corrected chi connectivity index (χ2v) is 5.99. The fourth-order valence-electron chi connectivity index (χ4n) is 2.89. The minimum absolute atomic E-state index is 0.193. The Morgan fingerprint density at radius 2 is 2.11 bits per heavy atom. The van der Waals surface area contributed by atoms with Crippen LogP contribution < -0.4 is 10.6 Å². The van der Waals surface area contributed by atoms with Crippen LogP contribution in [0.1, 0.15) is 32.6 Å². The van der Waals surface area contributed by atoms with Gasteiger partial charge >= 0.3 is 0 Å². The molecular formula is C14H26N2O2. The minimum atomic E-state index is -0.302. The highest BCUT2D eigenvalue weighted by Crippen LogP contribution is 2.36. The Balaban J connectivity index is 1.86. The lowest BCUT2D eigenvalue weighted by Crippen LogP contribution is -2.50. The van der Waals surface area contributed by atoms with Gasteiger partial charge in [-0.05, 0) is 50.6 Å². The molecule has 2 N–H and O–H groups in total. The van der Waals surface area contributed by atoms with E-state index in [4.69, 9.17) is 4.74 Å². The Morgan fingerprint density at radius 1 is 1.44 bits per heavy atom. The number of carbonyl (C=O) groups is 1. The van der Waals surface area contributed by atoms with E-state index in [-0.39, 0.29) is 11.3 Å². The van der Waals surface area contributed by atoms with Crippen molar-refractivity contribution in [3.05, 3.63) is 0 Å². The van der Waals surface area contributed by atoms with E-state index in [1.165, 1.54) is 12.8 Å². The van der Waals surface area contributed by atoms with Gasteiger partial charge in [-0.2, -0.15) is 0 Å². The Kier molecular flexibility index (Phi) is 4.62. The van der Waals surface area contributed by atoms with Crippen LogP contribution in [0.25, 0.3) is 0 Å². The first kappa shape index (κ1) is 13.8. The van der Waals surface area contributed by atoms with Crippen LogP contribution in [0.4, 0.5) is 0 Å². The number of carbonyl (C=O) groups excluding carboxylic acids is 1. The molecule has 1 atom stereocenters. The van der Waals surface area contributed by atoms with Gasteiger partial charge in [0.2, 0.25) is 5.91 Å². The van der Waals surface area contributed by atoms with E-state index in [9.17, 15) is 4.79 Å². The number of hydrogen-bond donors (Lipinski definition) is 2. The van der Waals surface area contributed by atoms with Gasteiger partial charge in [-0.1, -0.05) is 6.92 Å². The Labute approximate surface area is 110 Å². The maximum atomic E-state index is 12.4. The van der Waals surface area contributed by atoms with Crippen LogP contribution in [0.15, 0.2) is 0 Å². The van der Waals surface area contributed by atoms with Crippen LogP contribution >= 0.6 is 0 Å². The summed E-state index contributed by atoms with van der Waals surface area (Å²) >= 11 is 0. The van der Waals surface area contributed by atoms with Crippen LogP contribution in [0.2, 0.25) is 0 Å². The Hall–Kier alpha value is -0.610. The molecule has 1 aliphatic carbocycles. The van der Waals surface area contributed by atoms with E-state index < -0.39 is 0 Å². The van der Waals surface area contributed by atoms with Crippen molar-refractivity contribution in [3.63, 3.8) is 0 Å². The van der Waals surface area contributed by atoms with Crippen molar-refractivity contribution in [1.29, 1.82) is 0 Å². The van der Waals surface area contributed by atoms with E-state index in [0.717, 1.165) is 38.4 Å². The number of rotatable bonds is 6. The van der Waals surface area contributed by atoms with Gasteiger partial charge in [0.25, 0.3) is 0 Å². The van der Waals surface area contributed by atoms with Gasteiger partial charge in [0, 0.05) is 13.7 Å². The monoisotopic (exact) mass is 254 g/mol. The van der Waals surface area contributed by atoms with E-state index >= 15 is 0 Å². The minimum Gasteiger partial charge on any atom is -0.384 e. The molecular weight excluding hydrogens is 228 g/mol. The first-order chi connectivity index (χ1) is 8.68. The van der Waals surface area contributed by atoms with Crippen LogP contribution in [-0.2, 0) is 9.53 Å². The highest BCUT2D eigenvalue weighted by molar-refractivity contribution is 5.83. The second-order valence-electron chi connectivity index (χ2n) is 5.99. The fraction of sp³-hybridized carbons (Fsp3) is 0.929. The van der Waals surface area contributed by atoms with Crippen molar-refractivity contribution >= 4 is 5.91 Å². The fourth-order valence-corrected chi connectivity index (χ4v) is 2.89. The van der Waals surface area contributed by atoms with E-state index in [0.29, 0.717) is 12.5 Å². The molecule has 0 aromatic carbocycles. The topological polar surface area (TPSA) is 50.4 Å². The molecule has 4 nitrogen and oxygen atoms in total. The number of nitrogens with one attached hydrogen (secondary N) is 2. The molecule has 2 aliphatic rings. The molecule has 1 saturated heterocycles. The molecule has 2 fully saturated rings. The van der Waals surface area contributed by atoms with Crippen molar-refractivity contribution < 1.29 is 9.53 Å². The van der Waals surface area contributed by atoms with Gasteiger partial charge in [-0.25, -0.2) is 0 Å². The Morgan fingerprint density at radius 3 is 2.67 bits per heavy atom. The van der Waals surface area contributed by atoms with E-state index in [1.807, 2.05) is 0 Å². The first-order valence-corrected chi connectivity index (χ1v) is 7.16. The van der Waals surface area contributed by atoms with Crippen LogP contribution in [0, 0.1) is 17.3 Å². The van der Waals surface area contributed by atoms with Gasteiger partial charge < -0.3 is 15.4 Å². The summed E-state index contributed by atoms with van der Waals surface area (Å²) in [7, 11) is 1.68. The van der Waals surface area contributed by atoms with E-state index in [2.05, 4.69) is 17.6 Å². The molecule has 0 radical (unpaired) electrons. The van der Waals surface area contributed by atoms with Gasteiger partial charge in [0.05, 0.1) is 12.0 Å². The summed E-state index contributed by atoms with van der Waals surface area (Å²) in [5, 5.41) is 6.46. The zero-order valence-electron chi connectivity index (χ0n) is 11.6. The van der Waals surface area contributed by atoms with Crippen molar-refractivity contribution in [2.75, 3.05) is 33.4 Å². The first-order valence-electron chi connectivity index (χ1n) is 7.16. The van der Waals surface area contributed by atoms with Crippen LogP contribution in [0.3, 0.4) is 0 Å². The molecule has 1 aliphatic heterocycles.